The average Bonchev–Trinajstić information content (AvgIpc) is 3.25. The Labute approximate surface area is 227 Å². The lowest BCUT2D eigenvalue weighted by Crippen LogP contribution is -2.07. The van der Waals surface area contributed by atoms with Crippen molar-refractivity contribution in [1.29, 1.82) is 0 Å². The molecule has 0 atom stereocenters. The zero-order valence-corrected chi connectivity index (χ0v) is 22.9. The minimum Gasteiger partial charge on any atom is -0.504 e. The van der Waals surface area contributed by atoms with Gasteiger partial charge in [0.2, 0.25) is 0 Å². The van der Waals surface area contributed by atoms with Gasteiger partial charge in [-0.25, -0.2) is 14.5 Å². The molecular weight excluding hydrogens is 521 g/mol. The van der Waals surface area contributed by atoms with E-state index >= 15 is 0 Å². The van der Waals surface area contributed by atoms with Gasteiger partial charge in [-0.05, 0) is 56.0 Å². The van der Waals surface area contributed by atoms with Crippen molar-refractivity contribution in [2.45, 2.75) is 52.0 Å². The highest BCUT2D eigenvalue weighted by molar-refractivity contribution is 7.46. The van der Waals surface area contributed by atoms with E-state index < -0.39 is 7.82 Å². The lowest BCUT2D eigenvalue weighted by atomic mass is 10.1. The summed E-state index contributed by atoms with van der Waals surface area (Å²) in [5, 5.41) is 11.7. The van der Waals surface area contributed by atoms with Gasteiger partial charge in [-0.1, -0.05) is 31.5 Å². The van der Waals surface area contributed by atoms with E-state index in [1.54, 1.807) is 12.1 Å². The van der Waals surface area contributed by atoms with Crippen LogP contribution in [-0.4, -0.2) is 49.2 Å². The van der Waals surface area contributed by atoms with Crippen LogP contribution in [0.3, 0.4) is 0 Å². The fraction of sp³-hybridized carbons (Fsp3) is 0.407. The minimum atomic E-state index is -4.85. The third-order valence-electron chi connectivity index (χ3n) is 6.48. The zero-order chi connectivity index (χ0) is 28.0. The quantitative estimate of drug-likeness (QED) is 0.112. The number of phenols is 1. The summed E-state index contributed by atoms with van der Waals surface area (Å²) in [5.41, 5.74) is 15.5. The molecule has 0 saturated heterocycles. The van der Waals surface area contributed by atoms with Crippen molar-refractivity contribution in [2.24, 2.45) is 5.73 Å². The first-order valence-electron chi connectivity index (χ1n) is 13.1. The summed E-state index contributed by atoms with van der Waals surface area (Å²) in [5.74, 6) is 0.471. The molecule has 0 bridgehead atoms. The summed E-state index contributed by atoms with van der Waals surface area (Å²) in [6.45, 7) is 4.21. The molecule has 2 heterocycles. The van der Waals surface area contributed by atoms with Crippen molar-refractivity contribution in [2.75, 3.05) is 25.5 Å². The van der Waals surface area contributed by atoms with Crippen LogP contribution < -0.4 is 16.0 Å². The van der Waals surface area contributed by atoms with Crippen LogP contribution in [0.4, 0.5) is 5.82 Å². The van der Waals surface area contributed by atoms with E-state index in [1.807, 2.05) is 16.7 Å². The topological polar surface area (TPSA) is 179 Å². The number of hydrogen-bond acceptors (Lipinski definition) is 8. The lowest BCUT2D eigenvalue weighted by molar-refractivity contribution is 0.131. The van der Waals surface area contributed by atoms with Crippen LogP contribution >= 0.6 is 7.82 Å². The fourth-order valence-corrected chi connectivity index (χ4v) is 4.99. The van der Waals surface area contributed by atoms with E-state index in [9.17, 15) is 19.5 Å². The molecule has 0 aliphatic carbocycles. The van der Waals surface area contributed by atoms with Gasteiger partial charge in [0.15, 0.2) is 17.3 Å². The molecule has 2 aromatic carbocycles. The number of aryl methyl sites for hydroxylation is 2. The number of anilines is 1. The molecule has 0 unspecified atom stereocenters. The van der Waals surface area contributed by atoms with Crippen LogP contribution in [0.25, 0.3) is 21.9 Å². The number of phenolic OH excluding ortho intramolecular Hbond substituents is 1. The van der Waals surface area contributed by atoms with Gasteiger partial charge in [0.1, 0.15) is 11.3 Å². The standard InChI is InChI=1S/C27H36N5O6P/c1-2-3-10-23-31-24-25(32(23)17-19-8-4-9-22(26(19)33)38-39(34,35)36)20-16-18(7-5-14-37-15-6-13-28)11-12-21(20)30-27(24)29/h4,8-9,11-12,16,33H,2-3,5-7,10,13-15,17,28H2,1H3,(H2,29,30)(H2,34,35,36). The van der Waals surface area contributed by atoms with Gasteiger partial charge >= 0.3 is 7.82 Å². The smallest absolute Gasteiger partial charge is 0.504 e. The number of nitrogens with two attached hydrogens (primary N) is 2. The molecule has 11 nitrogen and oxygen atoms in total. The summed E-state index contributed by atoms with van der Waals surface area (Å²) in [7, 11) is -4.85. The van der Waals surface area contributed by atoms with E-state index in [2.05, 4.69) is 18.0 Å². The summed E-state index contributed by atoms with van der Waals surface area (Å²) in [4.78, 5) is 27.9. The Morgan fingerprint density at radius 2 is 1.85 bits per heavy atom. The number of aromatic nitrogens is 3. The molecule has 0 saturated carbocycles. The Kier molecular flexibility index (Phi) is 9.42. The minimum absolute atomic E-state index is 0.192. The fourth-order valence-electron chi connectivity index (χ4n) is 4.59. The van der Waals surface area contributed by atoms with Crippen LogP contribution in [-0.2, 0) is 28.7 Å². The molecule has 2 aromatic heterocycles. The van der Waals surface area contributed by atoms with Crippen molar-refractivity contribution in [3.63, 3.8) is 0 Å². The molecule has 0 fully saturated rings. The number of nitrogens with zero attached hydrogens (tertiary/aromatic N) is 3. The average molecular weight is 558 g/mol. The van der Waals surface area contributed by atoms with E-state index in [0.717, 1.165) is 59.9 Å². The van der Waals surface area contributed by atoms with Crippen LogP contribution in [0.5, 0.6) is 11.5 Å². The van der Waals surface area contributed by atoms with Crippen molar-refractivity contribution >= 4 is 35.6 Å². The maximum atomic E-state index is 11.4. The first-order valence-corrected chi connectivity index (χ1v) is 14.7. The Hall–Kier alpha value is -3.21. The van der Waals surface area contributed by atoms with E-state index in [4.69, 9.17) is 25.7 Å². The number of rotatable bonds is 14. The molecule has 4 rings (SSSR count). The Morgan fingerprint density at radius 1 is 1.05 bits per heavy atom. The van der Waals surface area contributed by atoms with Gasteiger partial charge in [-0.3, -0.25) is 9.79 Å². The largest absolute Gasteiger partial charge is 0.524 e. The van der Waals surface area contributed by atoms with E-state index in [1.165, 1.54) is 6.07 Å². The molecule has 0 amide bonds. The molecule has 0 radical (unpaired) electrons. The predicted molar refractivity (Wildman–Crippen MR) is 151 cm³/mol. The maximum absolute atomic E-state index is 11.4. The van der Waals surface area contributed by atoms with Crippen LogP contribution in [0.1, 0.15) is 49.6 Å². The molecule has 0 spiro atoms. The highest BCUT2D eigenvalue weighted by atomic mass is 31.2. The highest BCUT2D eigenvalue weighted by Crippen LogP contribution is 2.43. The lowest BCUT2D eigenvalue weighted by Gasteiger charge is -2.15. The van der Waals surface area contributed by atoms with E-state index in [0.29, 0.717) is 43.1 Å². The summed E-state index contributed by atoms with van der Waals surface area (Å²) in [6, 6.07) is 10.6. The number of pyridine rings is 1. The maximum Gasteiger partial charge on any atom is 0.524 e. The Bertz CT molecular complexity index is 1490. The normalized spacial score (nSPS) is 12.0. The number of para-hydroxylation sites is 1. The number of benzene rings is 2. The SMILES string of the molecule is CCCCc1nc2c(N)nc3ccc(CCCOCCCN)cc3c2n1Cc1cccc(OP(=O)(O)O)c1O. The van der Waals surface area contributed by atoms with Gasteiger partial charge in [0.05, 0.1) is 17.6 Å². The van der Waals surface area contributed by atoms with Crippen molar-refractivity contribution < 1.29 is 28.7 Å². The predicted octanol–water partition coefficient (Wildman–Crippen LogP) is 4.03. The molecule has 4 aromatic rings. The molecule has 7 N–H and O–H groups in total. The molecular formula is C27H36N5O6P. The number of unbranched alkanes of at least 4 members (excludes halogenated alkanes) is 1. The van der Waals surface area contributed by atoms with Crippen molar-refractivity contribution in [3.8, 4) is 11.5 Å². The molecule has 0 aliphatic heterocycles. The molecule has 0 aliphatic rings. The number of phosphoric ester groups is 1. The second kappa shape index (κ2) is 12.8. The second-order valence-electron chi connectivity index (χ2n) is 9.47. The molecule has 39 heavy (non-hydrogen) atoms. The highest BCUT2D eigenvalue weighted by Gasteiger charge is 2.22. The zero-order valence-electron chi connectivity index (χ0n) is 22.0. The third-order valence-corrected chi connectivity index (χ3v) is 6.91. The van der Waals surface area contributed by atoms with Crippen LogP contribution in [0.15, 0.2) is 36.4 Å². The summed E-state index contributed by atoms with van der Waals surface area (Å²) < 4.78 is 23.7. The number of hydrogen-bond donors (Lipinski definition) is 5. The van der Waals surface area contributed by atoms with Gasteiger partial charge < -0.3 is 30.4 Å². The van der Waals surface area contributed by atoms with Crippen LogP contribution in [0, 0.1) is 0 Å². The Morgan fingerprint density at radius 3 is 2.59 bits per heavy atom. The second-order valence-corrected chi connectivity index (χ2v) is 10.6. The molecule has 12 heteroatoms. The number of imidazole rings is 1. The molecule has 210 valence electrons. The van der Waals surface area contributed by atoms with Crippen molar-refractivity contribution in [1.82, 2.24) is 14.5 Å². The number of ether oxygens (including phenoxy) is 1. The van der Waals surface area contributed by atoms with Gasteiger partial charge in [-0.15, -0.1) is 0 Å². The van der Waals surface area contributed by atoms with Gasteiger partial charge in [0.25, 0.3) is 0 Å². The van der Waals surface area contributed by atoms with Gasteiger partial charge in [0, 0.05) is 30.6 Å². The monoisotopic (exact) mass is 557 g/mol. The number of aromatic hydroxyl groups is 1. The number of fused-ring (bicyclic) bond motifs is 3. The summed E-state index contributed by atoms with van der Waals surface area (Å²) >= 11 is 0. The number of nitrogen functional groups attached to an aromatic ring is 1. The van der Waals surface area contributed by atoms with E-state index in [-0.39, 0.29) is 18.0 Å². The van der Waals surface area contributed by atoms with Crippen molar-refractivity contribution in [3.05, 3.63) is 53.3 Å². The number of phosphoric acid groups is 1. The van der Waals surface area contributed by atoms with Crippen LogP contribution in [0.2, 0.25) is 0 Å². The Balaban J connectivity index is 1.77. The first-order chi connectivity index (χ1) is 18.7. The summed E-state index contributed by atoms with van der Waals surface area (Å²) in [6.07, 6.45) is 5.08. The van der Waals surface area contributed by atoms with Gasteiger partial charge in [-0.2, -0.15) is 0 Å². The third kappa shape index (κ3) is 7.06. The first kappa shape index (κ1) is 28.8.